The summed E-state index contributed by atoms with van der Waals surface area (Å²) in [5.41, 5.74) is 4.11. The Balaban J connectivity index is 3.17. The average molecular weight is 116 g/mol. The van der Waals surface area contributed by atoms with Crippen LogP contribution in [-0.4, -0.2) is 15.7 Å². The van der Waals surface area contributed by atoms with E-state index in [9.17, 15) is 0 Å². The van der Waals surface area contributed by atoms with Crippen LogP contribution in [0.25, 0.3) is 0 Å². The normalized spacial score (nSPS) is 9.44. The fraction of sp³-hybridized carbons (Fsp3) is 0.143. The van der Waals surface area contributed by atoms with Crippen LogP contribution in [-0.2, 0) is 0 Å². The highest BCUT2D eigenvalue weighted by Gasteiger charge is 1.89. The fourth-order valence-corrected chi connectivity index (χ4v) is 0.891. The van der Waals surface area contributed by atoms with Gasteiger partial charge >= 0.3 is 0 Å². The quantitative estimate of drug-likeness (QED) is 0.362. The van der Waals surface area contributed by atoms with Crippen LogP contribution < -0.4 is 10.9 Å². The number of benzene rings is 1. The third-order valence-electron chi connectivity index (χ3n) is 1.66. The Bertz CT molecular complexity index is 218. The lowest BCUT2D eigenvalue weighted by atomic mass is 9.85. The van der Waals surface area contributed by atoms with Gasteiger partial charge in [0.15, 0.2) is 0 Å². The van der Waals surface area contributed by atoms with E-state index in [2.05, 4.69) is 40.8 Å². The zero-order valence-corrected chi connectivity index (χ0v) is 6.23. The van der Waals surface area contributed by atoms with Gasteiger partial charge in [-0.25, -0.2) is 0 Å². The molecule has 0 aromatic heterocycles. The Morgan fingerprint density at radius 1 is 1.22 bits per heavy atom. The van der Waals surface area contributed by atoms with Crippen molar-refractivity contribution in [3.05, 3.63) is 23.8 Å². The summed E-state index contributed by atoms with van der Waals surface area (Å²) in [6.07, 6.45) is 0. The minimum Gasteiger partial charge on any atom is -0.0887 e. The number of rotatable bonds is 0. The van der Waals surface area contributed by atoms with E-state index < -0.39 is 0 Å². The lowest BCUT2D eigenvalue weighted by Crippen LogP contribution is -2.12. The van der Waals surface area contributed by atoms with Crippen LogP contribution >= 0.6 is 0 Å². The van der Waals surface area contributed by atoms with Crippen molar-refractivity contribution in [3.63, 3.8) is 0 Å². The van der Waals surface area contributed by atoms with Gasteiger partial charge in [-0.1, -0.05) is 34.7 Å². The summed E-state index contributed by atoms with van der Waals surface area (Å²) < 4.78 is 0. The van der Waals surface area contributed by atoms with Crippen molar-refractivity contribution in [3.8, 4) is 0 Å². The van der Waals surface area contributed by atoms with E-state index in [1.165, 1.54) is 16.5 Å². The van der Waals surface area contributed by atoms with Crippen molar-refractivity contribution in [1.82, 2.24) is 0 Å². The van der Waals surface area contributed by atoms with Gasteiger partial charge in [0.2, 0.25) is 0 Å². The molecule has 0 aliphatic heterocycles. The molecule has 1 rings (SSSR count). The second-order valence-corrected chi connectivity index (χ2v) is 2.59. The summed E-state index contributed by atoms with van der Waals surface area (Å²) in [4.78, 5) is 0. The van der Waals surface area contributed by atoms with E-state index in [0.717, 1.165) is 0 Å². The van der Waals surface area contributed by atoms with Crippen molar-refractivity contribution in [2.24, 2.45) is 0 Å². The highest BCUT2D eigenvalue weighted by Crippen LogP contribution is 1.85. The molecule has 0 heterocycles. The van der Waals surface area contributed by atoms with Crippen LogP contribution in [0.15, 0.2) is 18.2 Å². The van der Waals surface area contributed by atoms with E-state index in [0.29, 0.717) is 0 Å². The molecular formula is C7H10B2. The van der Waals surface area contributed by atoms with E-state index in [1.54, 1.807) is 0 Å². The molecule has 0 fully saturated rings. The Labute approximate surface area is 58.1 Å². The van der Waals surface area contributed by atoms with Gasteiger partial charge in [-0.05, 0) is 6.92 Å². The van der Waals surface area contributed by atoms with Gasteiger partial charge in [-0.2, -0.15) is 0 Å². The van der Waals surface area contributed by atoms with Crippen LogP contribution in [0.3, 0.4) is 0 Å². The number of hydrogen-bond donors (Lipinski definition) is 0. The molecule has 2 heteroatoms. The monoisotopic (exact) mass is 116 g/mol. The summed E-state index contributed by atoms with van der Waals surface area (Å²) in [5, 5.41) is 0. The first kappa shape index (κ1) is 6.47. The van der Waals surface area contributed by atoms with Gasteiger partial charge in [0.1, 0.15) is 15.7 Å². The van der Waals surface area contributed by atoms with Crippen molar-refractivity contribution in [1.29, 1.82) is 0 Å². The predicted molar refractivity (Wildman–Crippen MR) is 47.5 cm³/mol. The summed E-state index contributed by atoms with van der Waals surface area (Å²) in [5.74, 6) is 0. The molecule has 1 aromatic rings. The molecule has 0 atom stereocenters. The van der Waals surface area contributed by atoms with Crippen LogP contribution in [0, 0.1) is 6.92 Å². The first-order chi connectivity index (χ1) is 4.20. The minimum atomic E-state index is 1.35. The molecule has 0 N–H and O–H groups in total. The molecule has 0 nitrogen and oxygen atoms in total. The smallest absolute Gasteiger partial charge is 0.0887 e. The molecule has 0 radical (unpaired) electrons. The highest BCUT2D eigenvalue weighted by atomic mass is 13.9. The molecule has 0 unspecified atom stereocenters. The van der Waals surface area contributed by atoms with Crippen LogP contribution in [0.5, 0.6) is 0 Å². The summed E-state index contributed by atoms with van der Waals surface area (Å²) in [7, 11) is 4.25. The molecule has 0 saturated heterocycles. The predicted octanol–water partition coefficient (Wildman–Crippen LogP) is -1.49. The molecule has 0 spiro atoms. The van der Waals surface area contributed by atoms with Gasteiger partial charge < -0.3 is 0 Å². The number of aryl methyl sites for hydroxylation is 1. The molecule has 0 amide bonds. The van der Waals surface area contributed by atoms with Crippen molar-refractivity contribution < 1.29 is 0 Å². The topological polar surface area (TPSA) is 0 Å². The molecule has 44 valence electrons. The molecule has 0 aliphatic carbocycles. The average Bonchev–Trinajstić information content (AvgIpc) is 1.80. The fourth-order valence-electron chi connectivity index (χ4n) is 0.891. The van der Waals surface area contributed by atoms with Gasteiger partial charge in [-0.15, -0.1) is 0 Å². The van der Waals surface area contributed by atoms with Crippen molar-refractivity contribution >= 4 is 26.6 Å². The number of hydrogen-bond acceptors (Lipinski definition) is 0. The largest absolute Gasteiger partial charge is 0.139 e. The van der Waals surface area contributed by atoms with Gasteiger partial charge in [-0.3, -0.25) is 0 Å². The standard InChI is InChI=1S/C7H10B2/c1-5-4-6(8)2-3-7(5)9/h2-4H,8-9H2,1H3. The van der Waals surface area contributed by atoms with E-state index >= 15 is 0 Å². The highest BCUT2D eigenvalue weighted by molar-refractivity contribution is 6.36. The maximum atomic E-state index is 2.20. The molecule has 0 saturated carbocycles. The SMILES string of the molecule is Bc1ccc(B)c(C)c1. The lowest BCUT2D eigenvalue weighted by molar-refractivity contribution is 1.54. The van der Waals surface area contributed by atoms with Crippen LogP contribution in [0.2, 0.25) is 0 Å². The maximum Gasteiger partial charge on any atom is 0.139 e. The Morgan fingerprint density at radius 3 is 2.33 bits per heavy atom. The first-order valence-electron chi connectivity index (χ1n) is 3.24. The Morgan fingerprint density at radius 2 is 1.89 bits per heavy atom. The summed E-state index contributed by atoms with van der Waals surface area (Å²) in [6, 6.07) is 6.50. The van der Waals surface area contributed by atoms with Gasteiger partial charge in [0, 0.05) is 0 Å². The van der Waals surface area contributed by atoms with Crippen molar-refractivity contribution in [2.45, 2.75) is 6.92 Å². The molecule has 0 bridgehead atoms. The second kappa shape index (κ2) is 2.30. The zero-order valence-electron chi connectivity index (χ0n) is 6.23. The molecular weight excluding hydrogens is 106 g/mol. The van der Waals surface area contributed by atoms with Crippen LogP contribution in [0.1, 0.15) is 5.56 Å². The Hall–Kier alpha value is -0.650. The van der Waals surface area contributed by atoms with Crippen LogP contribution in [0.4, 0.5) is 0 Å². The minimum absolute atomic E-state index is 1.35. The van der Waals surface area contributed by atoms with E-state index in [1.807, 2.05) is 0 Å². The molecule has 9 heavy (non-hydrogen) atoms. The molecule has 0 aliphatic rings. The second-order valence-electron chi connectivity index (χ2n) is 2.59. The maximum absolute atomic E-state index is 2.20. The third kappa shape index (κ3) is 1.38. The van der Waals surface area contributed by atoms with Crippen molar-refractivity contribution in [2.75, 3.05) is 0 Å². The summed E-state index contributed by atoms with van der Waals surface area (Å²) in [6.45, 7) is 2.14. The first-order valence-corrected chi connectivity index (χ1v) is 3.24. The van der Waals surface area contributed by atoms with Gasteiger partial charge in [0.25, 0.3) is 0 Å². The van der Waals surface area contributed by atoms with E-state index in [4.69, 9.17) is 0 Å². The molecule has 1 aromatic carbocycles. The zero-order chi connectivity index (χ0) is 6.85. The third-order valence-corrected chi connectivity index (χ3v) is 1.66. The Kier molecular flexibility index (Phi) is 1.65. The summed E-state index contributed by atoms with van der Waals surface area (Å²) >= 11 is 0. The lowest BCUT2D eigenvalue weighted by Gasteiger charge is -1.98. The van der Waals surface area contributed by atoms with Gasteiger partial charge in [0.05, 0.1) is 0 Å². The van der Waals surface area contributed by atoms with E-state index in [-0.39, 0.29) is 0 Å².